The molecule has 0 bridgehead atoms. The largest absolute Gasteiger partial charge is 0.464 e. The van der Waals surface area contributed by atoms with E-state index in [4.69, 9.17) is 4.42 Å². The zero-order chi connectivity index (χ0) is 21.5. The Morgan fingerprint density at radius 2 is 1.88 bits per heavy atom. The van der Waals surface area contributed by atoms with Gasteiger partial charge in [-0.3, -0.25) is 0 Å². The summed E-state index contributed by atoms with van der Waals surface area (Å²) in [5.74, 6) is 1.42. The summed E-state index contributed by atoms with van der Waals surface area (Å²) in [4.78, 5) is 3.66. The lowest BCUT2D eigenvalue weighted by atomic mass is 9.97. The van der Waals surface area contributed by atoms with Gasteiger partial charge in [0.2, 0.25) is 0 Å². The number of rotatable bonds is 4. The van der Waals surface area contributed by atoms with Gasteiger partial charge < -0.3 is 14.7 Å². The first-order valence-corrected chi connectivity index (χ1v) is 11.1. The van der Waals surface area contributed by atoms with E-state index in [1.54, 1.807) is 6.26 Å². The maximum atomic E-state index is 5.60. The Hall–Kier alpha value is -3.98. The van der Waals surface area contributed by atoms with E-state index in [1.165, 1.54) is 27.4 Å². The lowest BCUT2D eigenvalue weighted by molar-refractivity contribution is 0.582. The molecule has 3 heteroatoms. The van der Waals surface area contributed by atoms with Gasteiger partial charge in [0.1, 0.15) is 5.76 Å². The van der Waals surface area contributed by atoms with Crippen molar-refractivity contribution in [1.29, 1.82) is 0 Å². The van der Waals surface area contributed by atoms with Crippen molar-refractivity contribution in [1.82, 2.24) is 4.98 Å². The summed E-state index contributed by atoms with van der Waals surface area (Å²) in [6.07, 6.45) is 9.31. The Kier molecular flexibility index (Phi) is 4.46. The molecule has 3 nitrogen and oxygen atoms in total. The number of aromatic nitrogens is 1. The zero-order valence-electron chi connectivity index (χ0n) is 17.9. The topological polar surface area (TPSA) is 41.0 Å². The number of allylic oxidation sites excluding steroid dienone is 4. The molecule has 32 heavy (non-hydrogen) atoms. The van der Waals surface area contributed by atoms with Crippen LogP contribution in [0.25, 0.3) is 44.3 Å². The van der Waals surface area contributed by atoms with Crippen molar-refractivity contribution in [3.05, 3.63) is 103 Å². The normalized spacial score (nSPS) is 15.9. The third-order valence-electron chi connectivity index (χ3n) is 6.20. The Bertz CT molecular complexity index is 1480. The maximum Gasteiger partial charge on any atom is 0.133 e. The molecule has 0 amide bonds. The number of fused-ring (bicyclic) bond motifs is 2. The van der Waals surface area contributed by atoms with Gasteiger partial charge in [-0.2, -0.15) is 0 Å². The van der Waals surface area contributed by atoms with Crippen LogP contribution in [0.2, 0.25) is 0 Å². The lowest BCUT2D eigenvalue weighted by Crippen LogP contribution is -2.07. The van der Waals surface area contributed by atoms with Crippen LogP contribution in [0.4, 0.5) is 5.69 Å². The van der Waals surface area contributed by atoms with Gasteiger partial charge in [0.15, 0.2) is 0 Å². The quantitative estimate of drug-likeness (QED) is 0.310. The average Bonchev–Trinajstić information content (AvgIpc) is 3.48. The van der Waals surface area contributed by atoms with Gasteiger partial charge in [-0.15, -0.1) is 0 Å². The van der Waals surface area contributed by atoms with Crippen molar-refractivity contribution in [2.24, 2.45) is 5.92 Å². The van der Waals surface area contributed by atoms with Crippen molar-refractivity contribution in [2.75, 3.05) is 5.32 Å². The second-order valence-electron chi connectivity index (χ2n) is 8.55. The maximum absolute atomic E-state index is 5.60. The van der Waals surface area contributed by atoms with E-state index in [2.05, 4.69) is 96.1 Å². The predicted molar refractivity (Wildman–Crippen MR) is 134 cm³/mol. The number of anilines is 1. The number of hydrogen-bond donors (Lipinski definition) is 2. The highest BCUT2D eigenvalue weighted by molar-refractivity contribution is 6.04. The average molecular weight is 417 g/mol. The highest BCUT2D eigenvalue weighted by Crippen LogP contribution is 2.38. The van der Waals surface area contributed by atoms with Gasteiger partial charge in [-0.25, -0.2) is 0 Å². The monoisotopic (exact) mass is 416 g/mol. The number of H-pyrrole nitrogens is 1. The van der Waals surface area contributed by atoms with Gasteiger partial charge in [-0.05, 0) is 71.7 Å². The molecule has 5 aromatic rings. The molecular formula is C29H24N2O. The molecule has 1 aliphatic rings. The van der Waals surface area contributed by atoms with Crippen LogP contribution in [0, 0.1) is 5.92 Å². The van der Waals surface area contributed by atoms with Gasteiger partial charge in [0.05, 0.1) is 6.26 Å². The molecule has 1 atom stereocenters. The molecule has 0 fully saturated rings. The Morgan fingerprint density at radius 1 is 0.938 bits per heavy atom. The van der Waals surface area contributed by atoms with Gasteiger partial charge >= 0.3 is 0 Å². The molecular weight excluding hydrogens is 392 g/mol. The minimum Gasteiger partial charge on any atom is -0.464 e. The smallest absolute Gasteiger partial charge is 0.133 e. The number of furan rings is 1. The molecule has 1 unspecified atom stereocenters. The summed E-state index contributed by atoms with van der Waals surface area (Å²) in [6, 6.07) is 25.5. The van der Waals surface area contributed by atoms with E-state index >= 15 is 0 Å². The van der Waals surface area contributed by atoms with Crippen LogP contribution in [0.3, 0.4) is 0 Å². The first kappa shape index (κ1) is 18.8. The summed E-state index contributed by atoms with van der Waals surface area (Å²) in [5.41, 5.74) is 6.86. The number of benzene rings is 3. The molecule has 0 radical (unpaired) electrons. The van der Waals surface area contributed by atoms with E-state index in [-0.39, 0.29) is 0 Å². The van der Waals surface area contributed by atoms with E-state index < -0.39 is 0 Å². The molecule has 0 saturated heterocycles. The fourth-order valence-electron chi connectivity index (χ4n) is 4.64. The van der Waals surface area contributed by atoms with E-state index in [0.717, 1.165) is 34.6 Å². The zero-order valence-corrected chi connectivity index (χ0v) is 17.9. The standard InChI is InChI=1S/C29H24N2O/c1-19-6-4-8-23(16-19)30-26-14-11-20-7-2-3-9-24(20)29(26)27-18-22-17-21(12-13-25(22)31-27)28-10-5-15-32-28/h2-15,17-19,30-31H,16H2,1H3. The van der Waals surface area contributed by atoms with Crippen molar-refractivity contribution in [2.45, 2.75) is 13.3 Å². The minimum absolute atomic E-state index is 0.541. The van der Waals surface area contributed by atoms with Crippen LogP contribution in [0.1, 0.15) is 13.3 Å². The van der Waals surface area contributed by atoms with Crippen LogP contribution in [-0.4, -0.2) is 4.98 Å². The predicted octanol–water partition coefficient (Wildman–Crippen LogP) is 8.14. The molecule has 1 aliphatic carbocycles. The van der Waals surface area contributed by atoms with Crippen molar-refractivity contribution < 1.29 is 4.42 Å². The molecule has 0 spiro atoms. The van der Waals surface area contributed by atoms with Crippen molar-refractivity contribution in [3.63, 3.8) is 0 Å². The third kappa shape index (κ3) is 3.32. The number of hydrogen-bond acceptors (Lipinski definition) is 2. The van der Waals surface area contributed by atoms with Crippen LogP contribution >= 0.6 is 0 Å². The minimum atomic E-state index is 0.541. The molecule has 2 aromatic heterocycles. The van der Waals surface area contributed by atoms with E-state index in [9.17, 15) is 0 Å². The summed E-state index contributed by atoms with van der Waals surface area (Å²) >= 11 is 0. The SMILES string of the molecule is CC1C=CC=C(Nc2ccc3ccccc3c2-c2cc3cc(-c4ccco4)ccc3[nH]2)C1. The fourth-order valence-corrected chi connectivity index (χ4v) is 4.64. The first-order valence-electron chi connectivity index (χ1n) is 11.1. The molecule has 156 valence electrons. The van der Waals surface area contributed by atoms with Crippen molar-refractivity contribution in [3.8, 4) is 22.6 Å². The number of nitrogens with one attached hydrogen (secondary N) is 2. The second-order valence-corrected chi connectivity index (χ2v) is 8.55. The summed E-state index contributed by atoms with van der Waals surface area (Å²) in [5, 5.41) is 7.35. The van der Waals surface area contributed by atoms with Crippen LogP contribution < -0.4 is 5.32 Å². The van der Waals surface area contributed by atoms with Gasteiger partial charge in [0.25, 0.3) is 0 Å². The Balaban J connectivity index is 1.50. The third-order valence-corrected chi connectivity index (χ3v) is 6.20. The highest BCUT2D eigenvalue weighted by atomic mass is 16.3. The molecule has 3 aromatic carbocycles. The van der Waals surface area contributed by atoms with Crippen LogP contribution in [0.5, 0.6) is 0 Å². The molecule has 6 rings (SSSR count). The van der Waals surface area contributed by atoms with Crippen molar-refractivity contribution >= 4 is 27.4 Å². The summed E-state index contributed by atoms with van der Waals surface area (Å²) in [6.45, 7) is 2.25. The summed E-state index contributed by atoms with van der Waals surface area (Å²) in [7, 11) is 0. The Labute approximate surface area is 187 Å². The van der Waals surface area contributed by atoms with E-state index in [0.29, 0.717) is 5.92 Å². The molecule has 2 heterocycles. The second kappa shape index (κ2) is 7.61. The number of aromatic amines is 1. The molecule has 0 aliphatic heterocycles. The van der Waals surface area contributed by atoms with Crippen LogP contribution in [0.15, 0.2) is 107 Å². The molecule has 0 saturated carbocycles. The Morgan fingerprint density at radius 3 is 2.75 bits per heavy atom. The summed E-state index contributed by atoms with van der Waals surface area (Å²) < 4.78 is 5.60. The van der Waals surface area contributed by atoms with Crippen LogP contribution in [-0.2, 0) is 0 Å². The fraction of sp³-hybridized carbons (Fsp3) is 0.103. The van der Waals surface area contributed by atoms with Gasteiger partial charge in [0, 0.05) is 39.1 Å². The van der Waals surface area contributed by atoms with Gasteiger partial charge in [-0.1, -0.05) is 49.4 Å². The highest BCUT2D eigenvalue weighted by Gasteiger charge is 2.15. The van der Waals surface area contributed by atoms with E-state index in [1.807, 2.05) is 12.1 Å². The molecule has 2 N–H and O–H groups in total. The first-order chi connectivity index (χ1) is 15.7. The lowest BCUT2D eigenvalue weighted by Gasteiger charge is -2.19.